The molecule has 2 fully saturated rings. The highest BCUT2D eigenvalue weighted by atomic mass is 32.2. The third-order valence-corrected chi connectivity index (χ3v) is 10.6. The topological polar surface area (TPSA) is 174 Å². The van der Waals surface area contributed by atoms with Gasteiger partial charge in [-0.1, -0.05) is 59.3 Å². The number of carbonyl (C=O) groups excluding carboxylic acids is 5. The zero-order chi connectivity index (χ0) is 37.3. The molecule has 14 heteroatoms. The van der Waals surface area contributed by atoms with Crippen molar-refractivity contribution < 1.29 is 32.4 Å². The first-order chi connectivity index (χ1) is 22.6. The normalized spacial score (nSPS) is 21.0. The minimum Gasteiger partial charge on any atom is -0.346 e. The van der Waals surface area contributed by atoms with E-state index >= 15 is 0 Å². The van der Waals surface area contributed by atoms with Gasteiger partial charge in [0.2, 0.25) is 27.6 Å². The fourth-order valence-electron chi connectivity index (χ4n) is 5.95. The minimum absolute atomic E-state index is 0.0244. The summed E-state index contributed by atoms with van der Waals surface area (Å²) in [6.07, 6.45) is 9.88. The number of nitrogens with one attached hydrogen (secondary N) is 4. The predicted molar refractivity (Wildman–Crippen MR) is 189 cm³/mol. The minimum atomic E-state index is -3.40. The number of terminal acetylenes is 1. The van der Waals surface area contributed by atoms with Gasteiger partial charge in [0.1, 0.15) is 12.1 Å². The number of Topliss-reactive ketones (excluding diaryl/α,β-unsaturated/α-hetero) is 1. The lowest BCUT2D eigenvalue weighted by Gasteiger charge is -2.38. The first-order valence-corrected chi connectivity index (χ1v) is 18.4. The Morgan fingerprint density at radius 1 is 1.00 bits per heavy atom. The van der Waals surface area contributed by atoms with Crippen LogP contribution in [0.5, 0.6) is 0 Å². The van der Waals surface area contributed by atoms with Crippen LogP contribution in [0, 0.1) is 29.1 Å². The third kappa shape index (κ3) is 11.7. The van der Waals surface area contributed by atoms with Crippen LogP contribution in [-0.2, 0) is 29.2 Å². The number of sulfonamides is 1. The number of hydrogen-bond donors (Lipinski definition) is 4. The molecule has 4 N–H and O–H groups in total. The molecule has 13 nitrogen and oxygen atoms in total. The number of allylic oxidation sites excluding steroid dienone is 1. The van der Waals surface area contributed by atoms with Gasteiger partial charge in [-0.15, -0.1) is 18.9 Å². The number of rotatable bonds is 14. The molecule has 2 unspecified atom stereocenters. The molecule has 0 aromatic carbocycles. The van der Waals surface area contributed by atoms with E-state index in [0.717, 1.165) is 5.57 Å². The van der Waals surface area contributed by atoms with Crippen molar-refractivity contribution in [2.75, 3.05) is 31.9 Å². The first kappa shape index (κ1) is 41.5. The SMILES string of the molecule is C#CCCC(NC(=O)[C@@H]1C(C=C(C)C)CCN1C(=O)[C@@H](NC(=O)N[C@H](CN1CCCS1(=O)=O)C(C)(C)C)C(C)(C)C)C(=O)C(=O)NCC=C. The van der Waals surface area contributed by atoms with Gasteiger partial charge >= 0.3 is 6.03 Å². The van der Waals surface area contributed by atoms with Gasteiger partial charge in [0.25, 0.3) is 5.91 Å². The standard InChI is InChI=1S/C35H56N6O7S/c1-11-13-15-25(28(42)31(44)36-17-12-2)37-30(43)27-24(21-23(3)4)16-19-41(27)32(45)29(35(8,9)10)39-33(46)38-26(34(5,6)7)22-40-18-14-20-49(40,47)48/h1,12,21,24-27,29H,2,13-20,22H2,3-10H3,(H,36,44)(H,37,43)(H2,38,39,46)/t24?,25?,26-,27+,29-/m1/s1. The van der Waals surface area contributed by atoms with Gasteiger partial charge in [-0.3, -0.25) is 19.2 Å². The van der Waals surface area contributed by atoms with Crippen LogP contribution >= 0.6 is 0 Å². The molecular formula is C35H56N6O7S. The molecule has 5 atom stereocenters. The van der Waals surface area contributed by atoms with E-state index in [0.29, 0.717) is 19.4 Å². The van der Waals surface area contributed by atoms with Crippen molar-refractivity contribution in [3.63, 3.8) is 0 Å². The molecule has 0 aliphatic carbocycles. The maximum Gasteiger partial charge on any atom is 0.315 e. The van der Waals surface area contributed by atoms with Gasteiger partial charge in [-0.05, 0) is 43.9 Å². The summed E-state index contributed by atoms with van der Waals surface area (Å²) in [6, 6.07) is -4.53. The Labute approximate surface area is 292 Å². The number of carbonyl (C=O) groups is 5. The highest BCUT2D eigenvalue weighted by molar-refractivity contribution is 7.89. The van der Waals surface area contributed by atoms with Gasteiger partial charge in [0.15, 0.2) is 0 Å². The van der Waals surface area contributed by atoms with E-state index < -0.39 is 80.5 Å². The molecule has 274 valence electrons. The highest BCUT2D eigenvalue weighted by Gasteiger charge is 2.47. The Morgan fingerprint density at radius 2 is 1.65 bits per heavy atom. The van der Waals surface area contributed by atoms with Crippen LogP contribution in [0.1, 0.15) is 81.1 Å². The Kier molecular flexibility index (Phi) is 14.6. The Bertz CT molecular complexity index is 1430. The molecule has 0 aromatic heterocycles. The predicted octanol–water partition coefficient (Wildman–Crippen LogP) is 2.10. The van der Waals surface area contributed by atoms with Gasteiger partial charge < -0.3 is 26.2 Å². The van der Waals surface area contributed by atoms with E-state index in [1.807, 2.05) is 40.7 Å². The summed E-state index contributed by atoms with van der Waals surface area (Å²) < 4.78 is 26.4. The zero-order valence-corrected chi connectivity index (χ0v) is 31.2. The van der Waals surface area contributed by atoms with Gasteiger partial charge in [-0.2, -0.15) is 4.31 Å². The van der Waals surface area contributed by atoms with Gasteiger partial charge in [-0.25, -0.2) is 13.2 Å². The highest BCUT2D eigenvalue weighted by Crippen LogP contribution is 2.31. The summed E-state index contributed by atoms with van der Waals surface area (Å²) in [4.78, 5) is 68.9. The fourth-order valence-corrected chi connectivity index (χ4v) is 7.48. The van der Waals surface area contributed by atoms with Crippen molar-refractivity contribution in [2.45, 2.75) is 105 Å². The molecule has 0 aromatic rings. The van der Waals surface area contributed by atoms with Crippen LogP contribution in [0.2, 0.25) is 0 Å². The molecular weight excluding hydrogens is 648 g/mol. The Morgan fingerprint density at radius 3 is 2.16 bits per heavy atom. The van der Waals surface area contributed by atoms with Gasteiger partial charge in [0.05, 0.1) is 11.8 Å². The number of hydrogen-bond acceptors (Lipinski definition) is 7. The number of ketones is 1. The van der Waals surface area contributed by atoms with Crippen molar-refractivity contribution in [1.82, 2.24) is 30.5 Å². The molecule has 2 aliphatic rings. The van der Waals surface area contributed by atoms with E-state index in [4.69, 9.17) is 6.42 Å². The van der Waals surface area contributed by atoms with E-state index in [-0.39, 0.29) is 38.2 Å². The molecule has 0 spiro atoms. The van der Waals surface area contributed by atoms with Crippen LogP contribution in [0.4, 0.5) is 4.79 Å². The second kappa shape index (κ2) is 17.3. The second-order valence-corrected chi connectivity index (χ2v) is 17.3. The Hall–Kier alpha value is -3.70. The summed E-state index contributed by atoms with van der Waals surface area (Å²) in [6.45, 7) is 19.1. The average Bonchev–Trinajstić information content (AvgIpc) is 3.55. The summed E-state index contributed by atoms with van der Waals surface area (Å²) >= 11 is 0. The molecule has 49 heavy (non-hydrogen) atoms. The van der Waals surface area contributed by atoms with Crippen LogP contribution < -0.4 is 21.3 Å². The average molecular weight is 705 g/mol. The van der Waals surface area contributed by atoms with Crippen molar-refractivity contribution in [3.05, 3.63) is 24.3 Å². The van der Waals surface area contributed by atoms with Crippen molar-refractivity contribution in [1.29, 1.82) is 0 Å². The molecule has 0 radical (unpaired) electrons. The van der Waals surface area contributed by atoms with Gasteiger partial charge in [0, 0.05) is 44.6 Å². The molecule has 2 rings (SSSR count). The van der Waals surface area contributed by atoms with Crippen molar-refractivity contribution >= 4 is 39.6 Å². The quantitative estimate of drug-likeness (QED) is 0.122. The monoisotopic (exact) mass is 704 g/mol. The first-order valence-electron chi connectivity index (χ1n) is 16.8. The molecule has 2 aliphatic heterocycles. The van der Waals surface area contributed by atoms with Crippen LogP contribution in [0.15, 0.2) is 24.3 Å². The van der Waals surface area contributed by atoms with E-state index in [2.05, 4.69) is 33.8 Å². The summed E-state index contributed by atoms with van der Waals surface area (Å²) in [7, 11) is -3.40. The summed E-state index contributed by atoms with van der Waals surface area (Å²) in [5, 5.41) is 10.9. The largest absolute Gasteiger partial charge is 0.346 e. The van der Waals surface area contributed by atoms with Crippen LogP contribution in [0.25, 0.3) is 0 Å². The van der Waals surface area contributed by atoms with Crippen molar-refractivity contribution in [2.24, 2.45) is 16.7 Å². The number of amides is 5. The van der Waals surface area contributed by atoms with E-state index in [1.54, 1.807) is 20.8 Å². The van der Waals surface area contributed by atoms with Crippen LogP contribution in [0.3, 0.4) is 0 Å². The van der Waals surface area contributed by atoms with E-state index in [9.17, 15) is 32.4 Å². The third-order valence-electron chi connectivity index (χ3n) is 8.71. The van der Waals surface area contributed by atoms with Crippen molar-refractivity contribution in [3.8, 4) is 12.3 Å². The smallest absolute Gasteiger partial charge is 0.315 e. The number of nitrogens with zero attached hydrogens (tertiary/aromatic N) is 2. The lowest BCUT2D eigenvalue weighted by atomic mass is 9.85. The molecule has 2 heterocycles. The molecule has 5 amide bonds. The lowest BCUT2D eigenvalue weighted by molar-refractivity contribution is -0.144. The number of urea groups is 1. The van der Waals surface area contributed by atoms with Crippen LogP contribution in [-0.4, -0.2) is 103 Å². The number of likely N-dealkylation sites (tertiary alicyclic amines) is 1. The molecule has 0 bridgehead atoms. The summed E-state index contributed by atoms with van der Waals surface area (Å²) in [5.74, 6) is -0.747. The maximum atomic E-state index is 14.4. The van der Waals surface area contributed by atoms with E-state index in [1.165, 1.54) is 15.3 Å². The Balaban J connectivity index is 2.38. The zero-order valence-electron chi connectivity index (χ0n) is 30.4. The maximum absolute atomic E-state index is 14.4. The summed E-state index contributed by atoms with van der Waals surface area (Å²) in [5.41, 5.74) is -0.379. The second-order valence-electron chi connectivity index (χ2n) is 15.2. The fraction of sp³-hybridized carbons (Fsp3) is 0.686. The molecule has 2 saturated heterocycles. The lowest BCUT2D eigenvalue weighted by Crippen LogP contribution is -2.62. The molecule has 0 saturated carbocycles.